The Labute approximate surface area is 246 Å². The van der Waals surface area contributed by atoms with Crippen molar-refractivity contribution in [1.29, 1.82) is 0 Å². The van der Waals surface area contributed by atoms with Crippen molar-refractivity contribution in [3.8, 4) is 5.75 Å². The SMILES string of the molecule is O=C(CN1CCCCCOc2ccccc2N(CC(=O)N2CCCC(O)C2)c2cncc(c2)C1=O)N1CCCC(O)C1. The van der Waals surface area contributed by atoms with Gasteiger partial charge >= 0.3 is 0 Å². The number of rotatable bonds is 4. The van der Waals surface area contributed by atoms with Gasteiger partial charge in [-0.05, 0) is 63.1 Å². The molecule has 0 saturated carbocycles. The van der Waals surface area contributed by atoms with Gasteiger partial charge in [0.15, 0.2) is 0 Å². The lowest BCUT2D eigenvalue weighted by molar-refractivity contribution is -0.135. The Balaban J connectivity index is 1.45. The number of benzene rings is 1. The number of carbonyl (C=O) groups is 3. The minimum atomic E-state index is -0.540. The number of aromatic nitrogens is 1. The van der Waals surface area contributed by atoms with Crippen LogP contribution >= 0.6 is 0 Å². The molecule has 42 heavy (non-hydrogen) atoms. The minimum Gasteiger partial charge on any atom is -0.491 e. The van der Waals surface area contributed by atoms with E-state index in [9.17, 15) is 24.6 Å². The third-order valence-corrected chi connectivity index (χ3v) is 8.17. The molecule has 3 aliphatic heterocycles. The van der Waals surface area contributed by atoms with Crippen molar-refractivity contribution in [2.45, 2.75) is 57.2 Å². The topological polar surface area (TPSA) is 127 Å². The zero-order chi connectivity index (χ0) is 29.5. The van der Waals surface area contributed by atoms with Crippen molar-refractivity contribution >= 4 is 29.1 Å². The number of β-amino-alcohol motifs (C(OH)–C–C–N with tert-alkyl or cyclic N) is 2. The molecular weight excluding hydrogens is 538 g/mol. The van der Waals surface area contributed by atoms with Gasteiger partial charge in [0.2, 0.25) is 11.8 Å². The average molecular weight is 580 g/mol. The van der Waals surface area contributed by atoms with Crippen LogP contribution in [0.5, 0.6) is 5.75 Å². The molecular formula is C31H41N5O6. The summed E-state index contributed by atoms with van der Waals surface area (Å²) in [5.41, 5.74) is 1.55. The number of aliphatic hydroxyl groups is 2. The van der Waals surface area contributed by atoms with Crippen LogP contribution in [0.15, 0.2) is 42.7 Å². The van der Waals surface area contributed by atoms with E-state index in [1.807, 2.05) is 24.3 Å². The molecule has 5 rings (SSSR count). The highest BCUT2D eigenvalue weighted by atomic mass is 16.5. The molecule has 2 N–H and O–H groups in total. The van der Waals surface area contributed by atoms with Crippen LogP contribution in [0.25, 0.3) is 0 Å². The fraction of sp³-hybridized carbons (Fsp3) is 0.548. The number of fused-ring (bicyclic) bond motifs is 3. The smallest absolute Gasteiger partial charge is 0.255 e. The van der Waals surface area contributed by atoms with Crippen LogP contribution in [0.3, 0.4) is 0 Å². The molecule has 3 aliphatic rings. The maximum Gasteiger partial charge on any atom is 0.255 e. The lowest BCUT2D eigenvalue weighted by atomic mass is 10.1. The molecule has 2 aromatic rings. The molecule has 1 aromatic heterocycles. The molecule has 11 nitrogen and oxygen atoms in total. The summed E-state index contributed by atoms with van der Waals surface area (Å²) in [6.07, 6.45) is 7.13. The number of ether oxygens (including phenoxy) is 1. The number of nitrogens with zero attached hydrogens (tertiary/aromatic N) is 5. The fourth-order valence-corrected chi connectivity index (χ4v) is 5.87. The number of anilines is 2. The van der Waals surface area contributed by atoms with Gasteiger partial charge in [-0.2, -0.15) is 0 Å². The Kier molecular flexibility index (Phi) is 9.91. The molecule has 226 valence electrons. The molecule has 0 radical (unpaired) electrons. The number of likely N-dealkylation sites (tertiary alicyclic amines) is 2. The van der Waals surface area contributed by atoms with Gasteiger partial charge in [0.05, 0.1) is 41.9 Å². The molecule has 2 bridgehead atoms. The van der Waals surface area contributed by atoms with Crippen molar-refractivity contribution in [2.24, 2.45) is 0 Å². The summed E-state index contributed by atoms with van der Waals surface area (Å²) in [6, 6.07) is 9.22. The number of piperidine rings is 2. The second-order valence-corrected chi connectivity index (χ2v) is 11.4. The van der Waals surface area contributed by atoms with E-state index in [1.165, 1.54) is 6.20 Å². The zero-order valence-electron chi connectivity index (χ0n) is 24.1. The monoisotopic (exact) mass is 579 g/mol. The lowest BCUT2D eigenvalue weighted by Crippen LogP contribution is -2.48. The van der Waals surface area contributed by atoms with E-state index in [0.717, 1.165) is 25.7 Å². The van der Waals surface area contributed by atoms with Crippen LogP contribution in [-0.4, -0.2) is 112 Å². The van der Waals surface area contributed by atoms with Gasteiger partial charge in [-0.15, -0.1) is 0 Å². The van der Waals surface area contributed by atoms with E-state index in [0.29, 0.717) is 74.7 Å². The molecule has 11 heteroatoms. The van der Waals surface area contributed by atoms with Crippen molar-refractivity contribution < 1.29 is 29.3 Å². The van der Waals surface area contributed by atoms with Gasteiger partial charge in [-0.3, -0.25) is 19.4 Å². The van der Waals surface area contributed by atoms with Gasteiger partial charge < -0.3 is 34.5 Å². The van der Waals surface area contributed by atoms with Crippen LogP contribution in [0.4, 0.5) is 11.4 Å². The number of para-hydroxylation sites is 2. The Hall–Kier alpha value is -3.70. The molecule has 2 atom stereocenters. The Morgan fingerprint density at radius 3 is 2.26 bits per heavy atom. The standard InChI is InChI=1S/C31H41N5O6/c37-25-8-6-13-33(19-25)29(39)21-35-12-4-1-5-15-42-28-11-3-2-10-27(28)36(24-16-23(31(35)41)17-32-18-24)22-30(40)34-14-7-9-26(38)20-34/h2-3,10-11,16-18,25-26,37-38H,1,4-9,12-15,19-22H2. The quantitative estimate of drug-likeness (QED) is 0.565. The zero-order valence-corrected chi connectivity index (χ0v) is 24.1. The van der Waals surface area contributed by atoms with Crippen LogP contribution in [0.2, 0.25) is 0 Å². The van der Waals surface area contributed by atoms with Crippen LogP contribution in [0.1, 0.15) is 55.3 Å². The van der Waals surface area contributed by atoms with Gasteiger partial charge in [0, 0.05) is 38.9 Å². The highest BCUT2D eigenvalue weighted by Gasteiger charge is 2.29. The summed E-state index contributed by atoms with van der Waals surface area (Å²) in [7, 11) is 0. The number of aliphatic hydroxyl groups excluding tert-OH is 2. The maximum absolute atomic E-state index is 13.8. The normalized spacial score (nSPS) is 22.2. The molecule has 0 aliphatic carbocycles. The number of hydrogen-bond acceptors (Lipinski definition) is 8. The lowest BCUT2D eigenvalue weighted by Gasteiger charge is -2.34. The van der Waals surface area contributed by atoms with E-state index >= 15 is 0 Å². The van der Waals surface area contributed by atoms with Gasteiger partial charge in [0.25, 0.3) is 5.91 Å². The van der Waals surface area contributed by atoms with Crippen molar-refractivity contribution in [2.75, 3.05) is 57.3 Å². The second kappa shape index (κ2) is 14.0. The summed E-state index contributed by atoms with van der Waals surface area (Å²) in [6.45, 7) is 2.50. The number of amides is 3. The first-order chi connectivity index (χ1) is 20.4. The first-order valence-corrected chi connectivity index (χ1v) is 15.0. The first kappa shape index (κ1) is 29.8. The average Bonchev–Trinajstić information content (AvgIpc) is 3.00. The number of pyridine rings is 1. The van der Waals surface area contributed by atoms with E-state index in [1.54, 1.807) is 31.9 Å². The highest BCUT2D eigenvalue weighted by Crippen LogP contribution is 2.34. The molecule has 2 fully saturated rings. The van der Waals surface area contributed by atoms with Crippen LogP contribution in [-0.2, 0) is 9.59 Å². The van der Waals surface area contributed by atoms with E-state index < -0.39 is 12.2 Å². The Morgan fingerprint density at radius 2 is 1.55 bits per heavy atom. The van der Waals surface area contributed by atoms with Crippen molar-refractivity contribution in [3.63, 3.8) is 0 Å². The summed E-state index contributed by atoms with van der Waals surface area (Å²) in [5.74, 6) is 0.00821. The van der Waals surface area contributed by atoms with Crippen LogP contribution < -0.4 is 9.64 Å². The number of hydrogen-bond donors (Lipinski definition) is 2. The number of carbonyl (C=O) groups excluding carboxylic acids is 3. The third kappa shape index (κ3) is 7.38. The van der Waals surface area contributed by atoms with Gasteiger partial charge in [-0.25, -0.2) is 0 Å². The summed E-state index contributed by atoms with van der Waals surface area (Å²) >= 11 is 0. The third-order valence-electron chi connectivity index (χ3n) is 8.17. The van der Waals surface area contributed by atoms with Crippen molar-refractivity contribution in [3.05, 3.63) is 48.3 Å². The maximum atomic E-state index is 13.8. The molecule has 2 saturated heterocycles. The molecule has 4 heterocycles. The summed E-state index contributed by atoms with van der Waals surface area (Å²) in [4.78, 5) is 51.5. The molecule has 3 amide bonds. The predicted molar refractivity (Wildman–Crippen MR) is 157 cm³/mol. The largest absolute Gasteiger partial charge is 0.491 e. The van der Waals surface area contributed by atoms with Crippen molar-refractivity contribution in [1.82, 2.24) is 19.7 Å². The Bertz CT molecular complexity index is 1260. The van der Waals surface area contributed by atoms with E-state index in [-0.39, 0.29) is 37.4 Å². The second-order valence-electron chi connectivity index (χ2n) is 11.4. The first-order valence-electron chi connectivity index (χ1n) is 15.0. The summed E-state index contributed by atoms with van der Waals surface area (Å²) < 4.78 is 6.19. The Morgan fingerprint density at radius 1 is 0.857 bits per heavy atom. The fourth-order valence-electron chi connectivity index (χ4n) is 5.87. The van der Waals surface area contributed by atoms with E-state index in [4.69, 9.17) is 4.74 Å². The molecule has 0 spiro atoms. The minimum absolute atomic E-state index is 0.0219. The van der Waals surface area contributed by atoms with Gasteiger partial charge in [-0.1, -0.05) is 12.1 Å². The molecule has 1 aromatic carbocycles. The van der Waals surface area contributed by atoms with Gasteiger partial charge in [0.1, 0.15) is 18.8 Å². The summed E-state index contributed by atoms with van der Waals surface area (Å²) in [5, 5.41) is 20.2. The predicted octanol–water partition coefficient (Wildman–Crippen LogP) is 2.19. The van der Waals surface area contributed by atoms with E-state index in [2.05, 4.69) is 4.98 Å². The molecule has 2 unspecified atom stereocenters. The highest BCUT2D eigenvalue weighted by molar-refractivity contribution is 5.97. The van der Waals surface area contributed by atoms with Crippen LogP contribution in [0, 0.1) is 0 Å².